The molecule has 2 atom stereocenters. The largest absolute Gasteiger partial charge is 0.384 e. The molecule has 3 rings (SSSR count). The van der Waals surface area contributed by atoms with Crippen molar-refractivity contribution in [1.29, 1.82) is 0 Å². The third-order valence-electron chi connectivity index (χ3n) is 4.02. The van der Waals surface area contributed by atoms with E-state index in [0.717, 1.165) is 0 Å². The second kappa shape index (κ2) is 6.85. The highest BCUT2D eigenvalue weighted by molar-refractivity contribution is 7.91. The predicted octanol–water partition coefficient (Wildman–Crippen LogP) is 2.34. The number of halogens is 1. The minimum atomic E-state index is -3.65. The molecule has 2 aromatic rings. The van der Waals surface area contributed by atoms with Gasteiger partial charge < -0.3 is 10.6 Å². The Balaban J connectivity index is 2.01. The molecule has 0 fully saturated rings. The number of hydrogen-bond donors (Lipinski definition) is 1. The number of nitrogens with zero attached hydrogens (tertiary/aromatic N) is 1. The highest BCUT2D eigenvalue weighted by Gasteiger charge is 2.41. The maximum Gasteiger partial charge on any atom is 0.346 e. The summed E-state index contributed by atoms with van der Waals surface area (Å²) in [4.78, 5) is 16.9. The first-order valence-electron chi connectivity index (χ1n) is 7.46. The molecule has 8 heteroatoms. The van der Waals surface area contributed by atoms with E-state index in [1.165, 1.54) is 12.1 Å². The fourth-order valence-electron chi connectivity index (χ4n) is 2.76. The molecule has 0 amide bonds. The third-order valence-corrected chi connectivity index (χ3v) is 6.06. The van der Waals surface area contributed by atoms with E-state index >= 15 is 0 Å². The van der Waals surface area contributed by atoms with Crippen molar-refractivity contribution in [2.24, 2.45) is 16.8 Å². The van der Waals surface area contributed by atoms with Crippen LogP contribution in [0.2, 0.25) is 5.02 Å². The molecule has 2 aromatic carbocycles. The minimum Gasteiger partial charge on any atom is -0.384 e. The van der Waals surface area contributed by atoms with Crippen LogP contribution in [0.3, 0.4) is 0 Å². The quantitative estimate of drug-likeness (QED) is 0.805. The predicted molar refractivity (Wildman–Crippen MR) is 93.9 cm³/mol. The van der Waals surface area contributed by atoms with Crippen LogP contribution in [0.25, 0.3) is 0 Å². The molecule has 25 heavy (non-hydrogen) atoms. The molecule has 0 bridgehead atoms. The molecular formula is C17H15ClN2O4S. The summed E-state index contributed by atoms with van der Waals surface area (Å²) in [5.41, 5.74) is 6.39. The standard InChI is InChI=1S/C17H15ClN2O4S/c18-12-8-6-11(7-9-12)14(15-16(19)20-24-17(15)21)10-25(22,23)13-4-2-1-3-5-13/h1-9,14-15H,10H2,(H2,19,20). The lowest BCUT2D eigenvalue weighted by atomic mass is 9.87. The summed E-state index contributed by atoms with van der Waals surface area (Å²) >= 11 is 5.90. The Morgan fingerprint density at radius 3 is 2.32 bits per heavy atom. The Morgan fingerprint density at radius 2 is 1.76 bits per heavy atom. The Kier molecular flexibility index (Phi) is 4.78. The number of oxime groups is 1. The van der Waals surface area contributed by atoms with Crippen LogP contribution in [0, 0.1) is 5.92 Å². The van der Waals surface area contributed by atoms with Crippen molar-refractivity contribution < 1.29 is 18.0 Å². The number of carbonyl (C=O) groups is 1. The van der Waals surface area contributed by atoms with E-state index in [4.69, 9.17) is 17.3 Å². The SMILES string of the molecule is NC1=NOC(=O)C1C(CS(=O)(=O)c1ccccc1)c1ccc(Cl)cc1. The van der Waals surface area contributed by atoms with Gasteiger partial charge in [0.2, 0.25) is 0 Å². The summed E-state index contributed by atoms with van der Waals surface area (Å²) in [5, 5.41) is 3.99. The van der Waals surface area contributed by atoms with Crippen LogP contribution >= 0.6 is 11.6 Å². The van der Waals surface area contributed by atoms with Gasteiger partial charge in [0.25, 0.3) is 0 Å². The topological polar surface area (TPSA) is 98.8 Å². The molecule has 2 N–H and O–H groups in total. The van der Waals surface area contributed by atoms with E-state index in [1.807, 2.05) is 0 Å². The normalized spacial score (nSPS) is 18.5. The number of hydrogen-bond acceptors (Lipinski definition) is 6. The van der Waals surface area contributed by atoms with Crippen molar-refractivity contribution in [2.75, 3.05) is 5.75 Å². The molecule has 6 nitrogen and oxygen atoms in total. The van der Waals surface area contributed by atoms with Crippen molar-refractivity contribution in [3.05, 3.63) is 65.2 Å². The fourth-order valence-corrected chi connectivity index (χ4v) is 4.51. The molecular weight excluding hydrogens is 364 g/mol. The van der Waals surface area contributed by atoms with Crippen molar-refractivity contribution in [1.82, 2.24) is 0 Å². The van der Waals surface area contributed by atoms with Gasteiger partial charge in [-0.15, -0.1) is 0 Å². The van der Waals surface area contributed by atoms with Crippen LogP contribution in [0.1, 0.15) is 11.5 Å². The maximum atomic E-state index is 12.8. The Bertz CT molecular complexity index is 911. The Morgan fingerprint density at radius 1 is 1.12 bits per heavy atom. The lowest BCUT2D eigenvalue weighted by Gasteiger charge is -2.21. The van der Waals surface area contributed by atoms with Crippen LogP contribution in [-0.4, -0.2) is 26.0 Å². The summed E-state index contributed by atoms with van der Waals surface area (Å²) in [6.45, 7) is 0. The summed E-state index contributed by atoms with van der Waals surface area (Å²) in [5.74, 6) is -2.70. The highest BCUT2D eigenvalue weighted by Crippen LogP contribution is 2.32. The molecule has 0 aromatic heterocycles. The lowest BCUT2D eigenvalue weighted by molar-refractivity contribution is -0.143. The number of rotatable bonds is 5. The molecule has 0 spiro atoms. The smallest absolute Gasteiger partial charge is 0.346 e. The molecule has 0 radical (unpaired) electrons. The second-order valence-electron chi connectivity index (χ2n) is 5.66. The lowest BCUT2D eigenvalue weighted by Crippen LogP contribution is -2.34. The van der Waals surface area contributed by atoms with Crippen LogP contribution in [-0.2, 0) is 19.5 Å². The first kappa shape index (κ1) is 17.4. The van der Waals surface area contributed by atoms with Crippen LogP contribution < -0.4 is 5.73 Å². The fraction of sp³-hybridized carbons (Fsp3) is 0.176. The molecule has 1 aliphatic rings. The zero-order chi connectivity index (χ0) is 18.0. The molecule has 1 aliphatic heterocycles. The highest BCUT2D eigenvalue weighted by atomic mass is 35.5. The number of carbonyl (C=O) groups excluding carboxylic acids is 1. The van der Waals surface area contributed by atoms with Gasteiger partial charge in [0.15, 0.2) is 15.7 Å². The zero-order valence-corrected chi connectivity index (χ0v) is 14.6. The van der Waals surface area contributed by atoms with Gasteiger partial charge >= 0.3 is 5.97 Å². The first-order valence-corrected chi connectivity index (χ1v) is 9.49. The zero-order valence-electron chi connectivity index (χ0n) is 13.0. The van der Waals surface area contributed by atoms with Gasteiger partial charge in [0.05, 0.1) is 10.6 Å². The summed E-state index contributed by atoms with van der Waals surface area (Å²) < 4.78 is 25.6. The van der Waals surface area contributed by atoms with Gasteiger partial charge in [-0.1, -0.05) is 47.1 Å². The molecule has 2 unspecified atom stereocenters. The van der Waals surface area contributed by atoms with Crippen LogP contribution in [0.15, 0.2) is 64.6 Å². The van der Waals surface area contributed by atoms with Gasteiger partial charge in [0.1, 0.15) is 5.92 Å². The van der Waals surface area contributed by atoms with E-state index in [2.05, 4.69) is 9.99 Å². The van der Waals surface area contributed by atoms with Crippen molar-refractivity contribution >= 4 is 33.2 Å². The van der Waals surface area contributed by atoms with E-state index in [-0.39, 0.29) is 16.5 Å². The summed E-state index contributed by atoms with van der Waals surface area (Å²) in [6.07, 6.45) is 0. The first-order chi connectivity index (χ1) is 11.9. The summed E-state index contributed by atoms with van der Waals surface area (Å²) in [7, 11) is -3.65. The molecule has 0 saturated carbocycles. The van der Waals surface area contributed by atoms with Gasteiger partial charge in [-0.05, 0) is 29.8 Å². The van der Waals surface area contributed by atoms with Crippen molar-refractivity contribution in [3.8, 4) is 0 Å². The van der Waals surface area contributed by atoms with E-state index in [0.29, 0.717) is 10.6 Å². The monoisotopic (exact) mass is 378 g/mol. The van der Waals surface area contributed by atoms with Crippen molar-refractivity contribution in [3.63, 3.8) is 0 Å². The minimum absolute atomic E-state index is 0.0341. The number of amidine groups is 1. The Labute approximate surface area is 150 Å². The van der Waals surface area contributed by atoms with Gasteiger partial charge in [-0.2, -0.15) is 0 Å². The summed E-state index contributed by atoms with van der Waals surface area (Å²) in [6, 6.07) is 14.7. The van der Waals surface area contributed by atoms with Crippen LogP contribution in [0.5, 0.6) is 0 Å². The molecule has 0 saturated heterocycles. The average Bonchev–Trinajstić information content (AvgIpc) is 2.93. The number of benzene rings is 2. The molecule has 0 aliphatic carbocycles. The third kappa shape index (κ3) is 3.67. The van der Waals surface area contributed by atoms with E-state index in [9.17, 15) is 13.2 Å². The maximum absolute atomic E-state index is 12.8. The van der Waals surface area contributed by atoms with E-state index < -0.39 is 27.6 Å². The van der Waals surface area contributed by atoms with E-state index in [1.54, 1.807) is 42.5 Å². The second-order valence-corrected chi connectivity index (χ2v) is 8.13. The van der Waals surface area contributed by atoms with Crippen LogP contribution in [0.4, 0.5) is 0 Å². The van der Waals surface area contributed by atoms with Crippen molar-refractivity contribution in [2.45, 2.75) is 10.8 Å². The number of nitrogens with two attached hydrogens (primary N) is 1. The van der Waals surface area contributed by atoms with Gasteiger partial charge in [-0.3, -0.25) is 0 Å². The van der Waals surface area contributed by atoms with Gasteiger partial charge in [-0.25, -0.2) is 13.2 Å². The molecule has 1 heterocycles. The Hall–Kier alpha value is -2.38. The van der Waals surface area contributed by atoms with Gasteiger partial charge in [0, 0.05) is 10.9 Å². The molecule has 130 valence electrons. The number of sulfone groups is 1. The average molecular weight is 379 g/mol.